The molecule has 4 atom stereocenters. The van der Waals surface area contributed by atoms with E-state index in [0.717, 1.165) is 0 Å². The summed E-state index contributed by atoms with van der Waals surface area (Å²) in [6, 6.07) is 0. The Bertz CT molecular complexity index is 311. The van der Waals surface area contributed by atoms with E-state index in [-0.39, 0.29) is 0 Å². The fourth-order valence-electron chi connectivity index (χ4n) is 2.15. The standard InChI is InChI=1S/C8H13F2O4P/c1-4-5-8(2,15(5,9)10)14-6(11)7(12-3)13-4/h4-5,7,15H,1-3H3. The number of esters is 1. The maximum atomic E-state index is 13.5. The number of hydrogen-bond acceptors (Lipinski definition) is 4. The molecule has 2 fully saturated rings. The maximum absolute atomic E-state index is 13.5. The van der Waals surface area contributed by atoms with Crippen molar-refractivity contribution in [2.24, 2.45) is 0 Å². The Labute approximate surface area is 86.4 Å². The van der Waals surface area contributed by atoms with Gasteiger partial charge in [0.15, 0.2) is 0 Å². The van der Waals surface area contributed by atoms with Gasteiger partial charge >= 0.3 is 85.6 Å². The SMILES string of the molecule is COC1OC(C)C2C(C)(OC1=O)[PH]2(F)F. The van der Waals surface area contributed by atoms with Gasteiger partial charge in [-0.25, -0.2) is 0 Å². The second kappa shape index (κ2) is 3.09. The van der Waals surface area contributed by atoms with Gasteiger partial charge in [-0.05, 0) is 0 Å². The molecular weight excluding hydrogens is 229 g/mol. The molecule has 2 rings (SSSR count). The molecule has 0 aromatic carbocycles. The number of hydrogen-bond donors (Lipinski definition) is 0. The van der Waals surface area contributed by atoms with Gasteiger partial charge in [-0.1, -0.05) is 0 Å². The average molecular weight is 242 g/mol. The molecule has 0 amide bonds. The zero-order valence-corrected chi connectivity index (χ0v) is 9.62. The van der Waals surface area contributed by atoms with Crippen LogP contribution in [0.4, 0.5) is 8.39 Å². The Morgan fingerprint density at radius 1 is 1.53 bits per heavy atom. The molecule has 2 saturated heterocycles. The van der Waals surface area contributed by atoms with Gasteiger partial charge < -0.3 is 0 Å². The molecule has 0 aliphatic carbocycles. The van der Waals surface area contributed by atoms with Gasteiger partial charge in [-0.3, -0.25) is 0 Å². The molecule has 2 aliphatic rings. The van der Waals surface area contributed by atoms with Crippen LogP contribution >= 0.6 is 7.88 Å². The molecule has 0 aromatic rings. The summed E-state index contributed by atoms with van der Waals surface area (Å²) >= 11 is 0. The van der Waals surface area contributed by atoms with Crippen LogP contribution in [0.2, 0.25) is 0 Å². The number of carbonyl (C=O) groups is 1. The van der Waals surface area contributed by atoms with E-state index in [4.69, 9.17) is 14.2 Å². The molecule has 0 bridgehead atoms. The van der Waals surface area contributed by atoms with E-state index >= 15 is 0 Å². The first kappa shape index (κ1) is 11.2. The van der Waals surface area contributed by atoms with E-state index in [1.807, 2.05) is 0 Å². The summed E-state index contributed by atoms with van der Waals surface area (Å²) in [5, 5.41) is -1.60. The van der Waals surface area contributed by atoms with Crippen molar-refractivity contribution in [2.75, 3.05) is 7.11 Å². The third-order valence-electron chi connectivity index (χ3n) is 3.09. The van der Waals surface area contributed by atoms with Crippen LogP contribution < -0.4 is 0 Å². The van der Waals surface area contributed by atoms with E-state index in [2.05, 4.69) is 0 Å². The van der Waals surface area contributed by atoms with Crippen molar-refractivity contribution in [1.29, 1.82) is 0 Å². The summed E-state index contributed by atoms with van der Waals surface area (Å²) in [4.78, 5) is 11.3. The van der Waals surface area contributed by atoms with Gasteiger partial charge in [-0.15, -0.1) is 0 Å². The van der Waals surface area contributed by atoms with Gasteiger partial charge in [-0.2, -0.15) is 0 Å². The Morgan fingerprint density at radius 2 is 2.13 bits per heavy atom. The van der Waals surface area contributed by atoms with Crippen molar-refractivity contribution in [1.82, 2.24) is 0 Å². The van der Waals surface area contributed by atoms with Crippen molar-refractivity contribution in [3.63, 3.8) is 0 Å². The number of fused-ring (bicyclic) bond motifs is 1. The van der Waals surface area contributed by atoms with Gasteiger partial charge in [0.05, 0.1) is 0 Å². The third-order valence-corrected chi connectivity index (χ3v) is 6.32. The molecule has 2 heterocycles. The first-order chi connectivity index (χ1) is 6.84. The van der Waals surface area contributed by atoms with E-state index in [0.29, 0.717) is 0 Å². The molecule has 7 heteroatoms. The Hall–Kier alpha value is -0.320. The molecule has 0 spiro atoms. The first-order valence-electron chi connectivity index (χ1n) is 4.63. The molecule has 0 radical (unpaired) electrons. The van der Waals surface area contributed by atoms with E-state index in [9.17, 15) is 13.2 Å². The number of halogens is 2. The zero-order chi connectivity index (χ0) is 11.4. The molecule has 88 valence electrons. The van der Waals surface area contributed by atoms with Crippen LogP contribution in [0.5, 0.6) is 0 Å². The van der Waals surface area contributed by atoms with E-state index < -0.39 is 37.2 Å². The molecule has 4 unspecified atom stereocenters. The number of methoxy groups -OCH3 is 1. The van der Waals surface area contributed by atoms with Gasteiger partial charge in [0, 0.05) is 0 Å². The van der Waals surface area contributed by atoms with Crippen molar-refractivity contribution < 1.29 is 27.4 Å². The molecular formula is C8H13F2O4P. The molecule has 0 aromatic heterocycles. The van der Waals surface area contributed by atoms with Gasteiger partial charge in [0.2, 0.25) is 0 Å². The molecule has 0 N–H and O–H groups in total. The zero-order valence-electron chi connectivity index (χ0n) is 8.62. The van der Waals surface area contributed by atoms with Crippen LogP contribution in [0.3, 0.4) is 0 Å². The van der Waals surface area contributed by atoms with Crippen LogP contribution in [-0.2, 0) is 19.0 Å². The van der Waals surface area contributed by atoms with Crippen molar-refractivity contribution in [2.45, 2.75) is 37.2 Å². The molecule has 2 aliphatic heterocycles. The number of rotatable bonds is 1. The van der Waals surface area contributed by atoms with Crippen LogP contribution in [0, 0.1) is 0 Å². The second-order valence-corrected chi connectivity index (χ2v) is 6.90. The van der Waals surface area contributed by atoms with Crippen LogP contribution in [0.1, 0.15) is 13.8 Å². The second-order valence-electron chi connectivity index (χ2n) is 4.04. The van der Waals surface area contributed by atoms with Crippen molar-refractivity contribution in [3.05, 3.63) is 0 Å². The fourth-order valence-corrected chi connectivity index (χ4v) is 4.75. The minimum absolute atomic E-state index is 0.715. The summed E-state index contributed by atoms with van der Waals surface area (Å²) in [7, 11) is -3.21. The van der Waals surface area contributed by atoms with E-state index in [1.54, 1.807) is 0 Å². The monoisotopic (exact) mass is 242 g/mol. The minimum atomic E-state index is -4.48. The summed E-state index contributed by atoms with van der Waals surface area (Å²) in [6.45, 7) is 2.80. The molecule has 15 heavy (non-hydrogen) atoms. The third kappa shape index (κ3) is 1.31. The Morgan fingerprint density at radius 3 is 2.67 bits per heavy atom. The average Bonchev–Trinajstić information content (AvgIpc) is 2.58. The Balaban J connectivity index is 2.25. The molecule has 4 nitrogen and oxygen atoms in total. The van der Waals surface area contributed by atoms with Crippen molar-refractivity contribution in [3.8, 4) is 0 Å². The summed E-state index contributed by atoms with van der Waals surface area (Å²) in [6.07, 6.45) is -1.90. The normalized spacial score (nSPS) is 49.9. The van der Waals surface area contributed by atoms with Crippen LogP contribution in [0.25, 0.3) is 0 Å². The van der Waals surface area contributed by atoms with Crippen molar-refractivity contribution >= 4 is 13.9 Å². The van der Waals surface area contributed by atoms with Crippen LogP contribution in [-0.4, -0.2) is 36.5 Å². The first-order valence-corrected chi connectivity index (χ1v) is 6.47. The van der Waals surface area contributed by atoms with Crippen LogP contribution in [0.15, 0.2) is 0 Å². The summed E-state index contributed by atoms with van der Waals surface area (Å²) in [5.41, 5.74) is -0.950. The van der Waals surface area contributed by atoms with Gasteiger partial charge in [0.1, 0.15) is 0 Å². The number of ether oxygens (including phenoxy) is 3. The Kier molecular flexibility index (Phi) is 2.30. The topological polar surface area (TPSA) is 44.8 Å². The molecule has 0 saturated carbocycles. The number of carbonyl (C=O) groups excluding carboxylic acids is 1. The summed E-state index contributed by atoms with van der Waals surface area (Å²) < 4.78 is 41.5. The van der Waals surface area contributed by atoms with Gasteiger partial charge in [0.25, 0.3) is 0 Å². The van der Waals surface area contributed by atoms with E-state index in [1.165, 1.54) is 21.0 Å². The summed E-state index contributed by atoms with van der Waals surface area (Å²) in [5.74, 6) is -0.862. The quantitative estimate of drug-likeness (QED) is 0.516. The predicted octanol–water partition coefficient (Wildman–Crippen LogP) is 1.54. The predicted molar refractivity (Wildman–Crippen MR) is 50.2 cm³/mol. The fraction of sp³-hybridized carbons (Fsp3) is 0.875.